The molecular weight excluding hydrogens is 200 g/mol. The summed E-state index contributed by atoms with van der Waals surface area (Å²) in [5, 5.41) is 7.62. The van der Waals surface area contributed by atoms with Gasteiger partial charge in [0.1, 0.15) is 0 Å². The standard InChI is InChI=1S/C12H22N4/c1-3-12(4-5-12)9-14-7-11(13)10-6-15-16(2)8-10/h6,8,11,14H,3-5,7,9,13H2,1-2H3. The van der Waals surface area contributed by atoms with Gasteiger partial charge in [-0.3, -0.25) is 4.68 Å². The van der Waals surface area contributed by atoms with Gasteiger partial charge in [-0.15, -0.1) is 0 Å². The van der Waals surface area contributed by atoms with Crippen LogP contribution in [0.1, 0.15) is 37.8 Å². The summed E-state index contributed by atoms with van der Waals surface area (Å²) in [4.78, 5) is 0. The highest BCUT2D eigenvalue weighted by molar-refractivity contribution is 5.10. The molecule has 1 atom stereocenters. The van der Waals surface area contributed by atoms with Crippen LogP contribution in [0.3, 0.4) is 0 Å². The predicted molar refractivity (Wildman–Crippen MR) is 65.0 cm³/mol. The molecule has 1 aliphatic carbocycles. The third kappa shape index (κ3) is 2.62. The number of aryl methyl sites for hydroxylation is 1. The lowest BCUT2D eigenvalue weighted by atomic mass is 10.0. The number of hydrogen-bond donors (Lipinski definition) is 2. The molecule has 1 unspecified atom stereocenters. The molecule has 0 spiro atoms. The molecule has 0 bridgehead atoms. The van der Waals surface area contributed by atoms with Gasteiger partial charge >= 0.3 is 0 Å². The summed E-state index contributed by atoms with van der Waals surface area (Å²) in [6.07, 6.45) is 7.86. The van der Waals surface area contributed by atoms with Crippen LogP contribution in [-0.4, -0.2) is 22.9 Å². The van der Waals surface area contributed by atoms with Crippen molar-refractivity contribution < 1.29 is 0 Å². The summed E-state index contributed by atoms with van der Waals surface area (Å²) in [6.45, 7) is 4.22. The first-order valence-corrected chi connectivity index (χ1v) is 6.10. The van der Waals surface area contributed by atoms with Gasteiger partial charge in [-0.05, 0) is 24.7 Å². The molecule has 0 aliphatic heterocycles. The Morgan fingerprint density at radius 1 is 1.62 bits per heavy atom. The second kappa shape index (κ2) is 4.55. The van der Waals surface area contributed by atoms with E-state index in [2.05, 4.69) is 17.3 Å². The zero-order valence-electron chi connectivity index (χ0n) is 10.2. The molecule has 90 valence electrons. The normalized spacial score (nSPS) is 19.7. The first-order valence-electron chi connectivity index (χ1n) is 6.10. The van der Waals surface area contributed by atoms with E-state index in [0.717, 1.165) is 18.7 Å². The van der Waals surface area contributed by atoms with Crippen molar-refractivity contribution in [2.24, 2.45) is 18.2 Å². The molecule has 0 radical (unpaired) electrons. The van der Waals surface area contributed by atoms with Crippen molar-refractivity contribution in [3.05, 3.63) is 18.0 Å². The maximum Gasteiger partial charge on any atom is 0.0537 e. The minimum absolute atomic E-state index is 0.0568. The fourth-order valence-corrected chi connectivity index (χ4v) is 2.07. The van der Waals surface area contributed by atoms with E-state index in [1.54, 1.807) is 4.68 Å². The molecule has 16 heavy (non-hydrogen) atoms. The quantitative estimate of drug-likeness (QED) is 0.760. The van der Waals surface area contributed by atoms with Crippen LogP contribution in [0, 0.1) is 5.41 Å². The molecule has 0 aromatic carbocycles. The Labute approximate surface area is 97.2 Å². The van der Waals surface area contributed by atoms with E-state index in [9.17, 15) is 0 Å². The second-order valence-electron chi connectivity index (χ2n) is 5.04. The monoisotopic (exact) mass is 222 g/mol. The summed E-state index contributed by atoms with van der Waals surface area (Å²) in [5.41, 5.74) is 7.78. The molecule has 1 heterocycles. The zero-order valence-corrected chi connectivity index (χ0v) is 10.2. The van der Waals surface area contributed by atoms with Gasteiger partial charge in [-0.2, -0.15) is 5.10 Å². The van der Waals surface area contributed by atoms with E-state index in [1.165, 1.54) is 19.3 Å². The summed E-state index contributed by atoms with van der Waals surface area (Å²) in [5.74, 6) is 0. The highest BCUT2D eigenvalue weighted by atomic mass is 15.2. The van der Waals surface area contributed by atoms with Crippen LogP contribution in [0.25, 0.3) is 0 Å². The van der Waals surface area contributed by atoms with Crippen molar-refractivity contribution in [3.8, 4) is 0 Å². The van der Waals surface area contributed by atoms with Crippen LogP contribution >= 0.6 is 0 Å². The number of hydrogen-bond acceptors (Lipinski definition) is 3. The average molecular weight is 222 g/mol. The van der Waals surface area contributed by atoms with E-state index >= 15 is 0 Å². The van der Waals surface area contributed by atoms with Gasteiger partial charge in [0.2, 0.25) is 0 Å². The molecule has 1 aromatic heterocycles. The number of nitrogens with one attached hydrogen (secondary N) is 1. The van der Waals surface area contributed by atoms with E-state index in [4.69, 9.17) is 5.73 Å². The van der Waals surface area contributed by atoms with Gasteiger partial charge in [-0.25, -0.2) is 0 Å². The summed E-state index contributed by atoms with van der Waals surface area (Å²) in [6, 6.07) is 0.0568. The number of aromatic nitrogens is 2. The van der Waals surface area contributed by atoms with Crippen LogP contribution in [0.4, 0.5) is 0 Å². The number of nitrogens with two attached hydrogens (primary N) is 1. The lowest BCUT2D eigenvalue weighted by Crippen LogP contribution is -2.31. The largest absolute Gasteiger partial charge is 0.323 e. The molecule has 4 nitrogen and oxygen atoms in total. The highest BCUT2D eigenvalue weighted by Gasteiger charge is 2.39. The lowest BCUT2D eigenvalue weighted by molar-refractivity contribution is 0.433. The van der Waals surface area contributed by atoms with Crippen LogP contribution < -0.4 is 11.1 Å². The smallest absolute Gasteiger partial charge is 0.0537 e. The van der Waals surface area contributed by atoms with Gasteiger partial charge in [-0.1, -0.05) is 6.92 Å². The SMILES string of the molecule is CCC1(CNCC(N)c2cnn(C)c2)CC1. The minimum atomic E-state index is 0.0568. The van der Waals surface area contributed by atoms with Gasteiger partial charge in [0.15, 0.2) is 0 Å². The maximum absolute atomic E-state index is 6.08. The van der Waals surface area contributed by atoms with Gasteiger partial charge in [0.25, 0.3) is 0 Å². The highest BCUT2D eigenvalue weighted by Crippen LogP contribution is 2.47. The van der Waals surface area contributed by atoms with Crippen LogP contribution in [0.15, 0.2) is 12.4 Å². The van der Waals surface area contributed by atoms with Crippen molar-refractivity contribution in [2.45, 2.75) is 32.2 Å². The summed E-state index contributed by atoms with van der Waals surface area (Å²) in [7, 11) is 1.92. The zero-order chi connectivity index (χ0) is 11.6. The Bertz CT molecular complexity index is 341. The topological polar surface area (TPSA) is 55.9 Å². The third-order valence-corrected chi connectivity index (χ3v) is 3.72. The Morgan fingerprint density at radius 2 is 2.38 bits per heavy atom. The number of rotatable bonds is 6. The Morgan fingerprint density at radius 3 is 2.88 bits per heavy atom. The molecule has 1 fully saturated rings. The molecule has 2 rings (SSSR count). The van der Waals surface area contributed by atoms with E-state index in [-0.39, 0.29) is 6.04 Å². The van der Waals surface area contributed by atoms with Crippen LogP contribution in [0.2, 0.25) is 0 Å². The maximum atomic E-state index is 6.08. The molecule has 1 aromatic rings. The first-order chi connectivity index (χ1) is 7.65. The fraction of sp³-hybridized carbons (Fsp3) is 0.750. The summed E-state index contributed by atoms with van der Waals surface area (Å²) < 4.78 is 1.80. The Kier molecular flexibility index (Phi) is 3.30. The minimum Gasteiger partial charge on any atom is -0.323 e. The van der Waals surface area contributed by atoms with Crippen molar-refractivity contribution in [1.82, 2.24) is 15.1 Å². The molecule has 3 N–H and O–H groups in total. The van der Waals surface area contributed by atoms with Crippen molar-refractivity contribution in [2.75, 3.05) is 13.1 Å². The Hall–Kier alpha value is -0.870. The van der Waals surface area contributed by atoms with Gasteiger partial charge < -0.3 is 11.1 Å². The van der Waals surface area contributed by atoms with Crippen molar-refractivity contribution >= 4 is 0 Å². The fourth-order valence-electron chi connectivity index (χ4n) is 2.07. The molecule has 0 saturated heterocycles. The van der Waals surface area contributed by atoms with Crippen molar-refractivity contribution in [3.63, 3.8) is 0 Å². The van der Waals surface area contributed by atoms with Crippen molar-refractivity contribution in [1.29, 1.82) is 0 Å². The summed E-state index contributed by atoms with van der Waals surface area (Å²) >= 11 is 0. The van der Waals surface area contributed by atoms with E-state index in [0.29, 0.717) is 5.41 Å². The predicted octanol–water partition coefficient (Wildman–Crippen LogP) is 1.20. The molecule has 4 heteroatoms. The molecule has 1 saturated carbocycles. The second-order valence-corrected chi connectivity index (χ2v) is 5.04. The molecule has 0 amide bonds. The molecule has 1 aliphatic rings. The average Bonchev–Trinajstić information content (AvgIpc) is 2.93. The lowest BCUT2D eigenvalue weighted by Gasteiger charge is -2.16. The third-order valence-electron chi connectivity index (χ3n) is 3.72. The van der Waals surface area contributed by atoms with E-state index in [1.807, 2.05) is 19.4 Å². The van der Waals surface area contributed by atoms with Crippen LogP contribution in [-0.2, 0) is 7.05 Å². The first kappa shape index (κ1) is 11.6. The van der Waals surface area contributed by atoms with E-state index < -0.39 is 0 Å². The number of nitrogens with zero attached hydrogens (tertiary/aromatic N) is 2. The Balaban J connectivity index is 1.74. The molecular formula is C12H22N4. The van der Waals surface area contributed by atoms with Gasteiger partial charge in [0, 0.05) is 37.9 Å². The van der Waals surface area contributed by atoms with Gasteiger partial charge in [0.05, 0.1) is 6.20 Å². The van der Waals surface area contributed by atoms with Crippen LogP contribution in [0.5, 0.6) is 0 Å².